The Morgan fingerprint density at radius 2 is 1.70 bits per heavy atom. The van der Waals surface area contributed by atoms with Gasteiger partial charge in [-0.05, 0) is 29.8 Å². The number of benzene rings is 2. The first-order valence-corrected chi connectivity index (χ1v) is 6.98. The molecule has 0 bridgehead atoms. The molecule has 0 atom stereocenters. The molecule has 0 aliphatic heterocycles. The number of aromatic amines is 1. The van der Waals surface area contributed by atoms with Crippen LogP contribution in [-0.4, -0.2) is 19.2 Å². The molecule has 0 fully saturated rings. The van der Waals surface area contributed by atoms with Crippen LogP contribution in [0.2, 0.25) is 0 Å². The summed E-state index contributed by atoms with van der Waals surface area (Å²) in [5, 5.41) is 6.12. The normalized spacial score (nSPS) is 11.3. The molecule has 2 heterocycles. The Morgan fingerprint density at radius 3 is 2.43 bits per heavy atom. The fourth-order valence-corrected chi connectivity index (χ4v) is 2.70. The van der Waals surface area contributed by atoms with Gasteiger partial charge in [0.2, 0.25) is 5.65 Å². The summed E-state index contributed by atoms with van der Waals surface area (Å²) in [5.41, 5.74) is 1.17. The minimum Gasteiger partial charge on any atom is -0.299 e. The number of hydrogen-bond acceptors (Lipinski definition) is 3. The second kappa shape index (κ2) is 4.91. The third kappa shape index (κ3) is 2.05. The lowest BCUT2D eigenvalue weighted by molar-refractivity contribution is 0.626. The van der Waals surface area contributed by atoms with Gasteiger partial charge in [0.25, 0.3) is 5.56 Å². The van der Waals surface area contributed by atoms with Crippen molar-refractivity contribution in [2.24, 2.45) is 0 Å². The zero-order valence-electron chi connectivity index (χ0n) is 11.9. The standard InChI is InChI=1S/C16H11FN4O2/c17-11-7-5-10(6-8-11)9-20-12-3-1-2-4-13(12)21-14(15(20)22)18-19-16(21)23/h1-8H,9H2,(H,19,23). The summed E-state index contributed by atoms with van der Waals surface area (Å²) in [5.74, 6) is -0.333. The molecule has 1 N–H and O–H groups in total. The summed E-state index contributed by atoms with van der Waals surface area (Å²) in [6.45, 7) is 0.261. The van der Waals surface area contributed by atoms with E-state index in [1.54, 1.807) is 36.4 Å². The third-order valence-electron chi connectivity index (χ3n) is 3.78. The van der Waals surface area contributed by atoms with Gasteiger partial charge in [-0.15, -0.1) is 5.10 Å². The van der Waals surface area contributed by atoms with Crippen LogP contribution in [0.5, 0.6) is 0 Å². The number of H-pyrrole nitrogens is 1. The Labute approximate surface area is 128 Å². The molecule has 0 unspecified atom stereocenters. The van der Waals surface area contributed by atoms with Crippen LogP contribution >= 0.6 is 0 Å². The molecule has 0 aliphatic carbocycles. The zero-order valence-corrected chi connectivity index (χ0v) is 11.9. The first-order chi connectivity index (χ1) is 11.1. The lowest BCUT2D eigenvalue weighted by Gasteiger charge is -2.11. The predicted octanol–water partition coefficient (Wildman–Crippen LogP) is 1.52. The number of aromatic nitrogens is 4. The van der Waals surface area contributed by atoms with E-state index in [-0.39, 0.29) is 23.6 Å². The van der Waals surface area contributed by atoms with Crippen LogP contribution < -0.4 is 11.2 Å². The van der Waals surface area contributed by atoms with Gasteiger partial charge in [0.1, 0.15) is 5.82 Å². The maximum atomic E-state index is 13.0. The van der Waals surface area contributed by atoms with E-state index >= 15 is 0 Å². The molecule has 7 heteroatoms. The van der Waals surface area contributed by atoms with Crippen molar-refractivity contribution in [3.63, 3.8) is 0 Å². The number of para-hydroxylation sites is 2. The van der Waals surface area contributed by atoms with Crippen LogP contribution in [0.4, 0.5) is 4.39 Å². The monoisotopic (exact) mass is 310 g/mol. The molecule has 0 radical (unpaired) electrons. The maximum Gasteiger partial charge on any atom is 0.348 e. The van der Waals surface area contributed by atoms with E-state index < -0.39 is 5.69 Å². The second-order valence-electron chi connectivity index (χ2n) is 5.19. The molecule has 4 rings (SSSR count). The van der Waals surface area contributed by atoms with E-state index in [0.717, 1.165) is 5.56 Å². The highest BCUT2D eigenvalue weighted by Gasteiger charge is 2.14. The van der Waals surface area contributed by atoms with Crippen LogP contribution in [0.15, 0.2) is 58.1 Å². The Balaban J connectivity index is 2.04. The summed E-state index contributed by atoms with van der Waals surface area (Å²) < 4.78 is 15.8. The smallest absolute Gasteiger partial charge is 0.299 e. The van der Waals surface area contributed by atoms with Gasteiger partial charge < -0.3 is 0 Å². The zero-order chi connectivity index (χ0) is 16.0. The van der Waals surface area contributed by atoms with E-state index in [0.29, 0.717) is 11.0 Å². The minimum absolute atomic E-state index is 0.0378. The van der Waals surface area contributed by atoms with Gasteiger partial charge in [0.15, 0.2) is 0 Å². The molecule has 0 saturated carbocycles. The average molecular weight is 310 g/mol. The van der Waals surface area contributed by atoms with E-state index in [4.69, 9.17) is 0 Å². The molecule has 2 aromatic heterocycles. The van der Waals surface area contributed by atoms with E-state index in [1.807, 2.05) is 0 Å². The van der Waals surface area contributed by atoms with E-state index in [9.17, 15) is 14.0 Å². The van der Waals surface area contributed by atoms with E-state index in [2.05, 4.69) is 10.2 Å². The van der Waals surface area contributed by atoms with Gasteiger partial charge in [-0.2, -0.15) is 0 Å². The Kier molecular flexibility index (Phi) is 2.87. The summed E-state index contributed by atoms with van der Waals surface area (Å²) in [6.07, 6.45) is 0. The summed E-state index contributed by atoms with van der Waals surface area (Å²) >= 11 is 0. The van der Waals surface area contributed by atoms with Crippen molar-refractivity contribution in [2.75, 3.05) is 0 Å². The highest BCUT2D eigenvalue weighted by atomic mass is 19.1. The summed E-state index contributed by atoms with van der Waals surface area (Å²) in [6, 6.07) is 13.0. The number of nitrogens with one attached hydrogen (secondary N) is 1. The van der Waals surface area contributed by atoms with Crippen molar-refractivity contribution in [1.29, 1.82) is 0 Å². The summed E-state index contributed by atoms with van der Waals surface area (Å²) in [4.78, 5) is 24.6. The van der Waals surface area contributed by atoms with Crippen LogP contribution in [0, 0.1) is 5.82 Å². The number of hydrogen-bond donors (Lipinski definition) is 1. The molecule has 0 amide bonds. The minimum atomic E-state index is -0.456. The fourth-order valence-electron chi connectivity index (χ4n) is 2.70. The highest BCUT2D eigenvalue weighted by molar-refractivity contribution is 5.77. The molecule has 4 aromatic rings. The lowest BCUT2D eigenvalue weighted by Crippen LogP contribution is -2.26. The largest absolute Gasteiger partial charge is 0.348 e. The Bertz CT molecular complexity index is 1140. The topological polar surface area (TPSA) is 72.2 Å². The molecule has 114 valence electrons. The lowest BCUT2D eigenvalue weighted by atomic mass is 10.2. The van der Waals surface area contributed by atoms with Crippen LogP contribution in [0.3, 0.4) is 0 Å². The van der Waals surface area contributed by atoms with Gasteiger partial charge in [-0.1, -0.05) is 24.3 Å². The third-order valence-corrected chi connectivity index (χ3v) is 3.78. The van der Waals surface area contributed by atoms with Gasteiger partial charge in [0.05, 0.1) is 17.6 Å². The SMILES string of the molecule is O=c1c2n[nH]c(=O)n2c2ccccc2n1Cc1ccc(F)cc1. The van der Waals surface area contributed by atoms with Crippen molar-refractivity contribution in [1.82, 2.24) is 19.2 Å². The van der Waals surface area contributed by atoms with Crippen molar-refractivity contribution in [3.8, 4) is 0 Å². The average Bonchev–Trinajstić information content (AvgIpc) is 2.95. The molecular formula is C16H11FN4O2. The summed E-state index contributed by atoms with van der Waals surface area (Å²) in [7, 11) is 0. The van der Waals surface area contributed by atoms with Crippen molar-refractivity contribution >= 4 is 16.7 Å². The predicted molar refractivity (Wildman–Crippen MR) is 83.1 cm³/mol. The molecule has 6 nitrogen and oxygen atoms in total. The van der Waals surface area contributed by atoms with Crippen molar-refractivity contribution in [3.05, 3.63) is 80.7 Å². The number of fused-ring (bicyclic) bond motifs is 3. The van der Waals surface area contributed by atoms with Crippen LogP contribution in [-0.2, 0) is 6.54 Å². The second-order valence-corrected chi connectivity index (χ2v) is 5.19. The van der Waals surface area contributed by atoms with Gasteiger partial charge in [-0.25, -0.2) is 18.7 Å². The number of nitrogens with zero attached hydrogens (tertiary/aromatic N) is 3. The first kappa shape index (κ1) is 13.4. The fraction of sp³-hybridized carbons (Fsp3) is 0.0625. The first-order valence-electron chi connectivity index (χ1n) is 6.98. The molecule has 0 saturated heterocycles. The molecule has 0 spiro atoms. The Hall–Kier alpha value is -3.22. The highest BCUT2D eigenvalue weighted by Crippen LogP contribution is 2.14. The van der Waals surface area contributed by atoms with Gasteiger partial charge in [0, 0.05) is 0 Å². The van der Waals surface area contributed by atoms with Gasteiger partial charge in [-0.3, -0.25) is 9.36 Å². The van der Waals surface area contributed by atoms with Gasteiger partial charge >= 0.3 is 5.69 Å². The number of rotatable bonds is 2. The maximum absolute atomic E-state index is 13.0. The molecule has 2 aromatic carbocycles. The molecule has 23 heavy (non-hydrogen) atoms. The molecular weight excluding hydrogens is 299 g/mol. The number of halogens is 1. The Morgan fingerprint density at radius 1 is 1.00 bits per heavy atom. The van der Waals surface area contributed by atoms with Crippen molar-refractivity contribution < 1.29 is 4.39 Å². The van der Waals surface area contributed by atoms with Crippen LogP contribution in [0.25, 0.3) is 16.7 Å². The quantitative estimate of drug-likeness (QED) is 0.610. The van der Waals surface area contributed by atoms with E-state index in [1.165, 1.54) is 21.1 Å². The molecule has 0 aliphatic rings. The van der Waals surface area contributed by atoms with Crippen molar-refractivity contribution in [2.45, 2.75) is 6.54 Å². The van der Waals surface area contributed by atoms with Crippen LogP contribution in [0.1, 0.15) is 5.56 Å².